The Kier molecular flexibility index (Phi) is 5.20. The molecule has 3 rings (SSSR count). The van der Waals surface area contributed by atoms with Gasteiger partial charge in [-0.3, -0.25) is 4.99 Å². The summed E-state index contributed by atoms with van der Waals surface area (Å²) >= 11 is 3.37. The zero-order valence-electron chi connectivity index (χ0n) is 13.3. The number of nitrogens with zero attached hydrogens (tertiary/aromatic N) is 3. The number of rotatable bonds is 5. The SMILES string of the molecule is CCC(C)=Nn1c(-c2cccs2)csc1=NCc1ccccc1. The quantitative estimate of drug-likeness (QED) is 0.584. The molecule has 23 heavy (non-hydrogen) atoms. The molecule has 0 spiro atoms. The molecule has 0 aliphatic rings. The van der Waals surface area contributed by atoms with Crippen molar-refractivity contribution >= 4 is 28.4 Å². The average Bonchev–Trinajstić information content (AvgIpc) is 3.23. The monoisotopic (exact) mass is 341 g/mol. The lowest BCUT2D eigenvalue weighted by Gasteiger charge is -2.03. The molecule has 118 valence electrons. The molecule has 0 aliphatic heterocycles. The number of aromatic nitrogens is 1. The maximum Gasteiger partial charge on any atom is 0.206 e. The van der Waals surface area contributed by atoms with Crippen molar-refractivity contribution < 1.29 is 0 Å². The first-order valence-corrected chi connectivity index (χ1v) is 9.37. The molecule has 0 saturated carbocycles. The predicted octanol–water partition coefficient (Wildman–Crippen LogP) is 5.01. The number of hydrogen-bond donors (Lipinski definition) is 0. The van der Waals surface area contributed by atoms with Crippen LogP contribution in [-0.2, 0) is 6.54 Å². The first kappa shape index (κ1) is 15.9. The maximum absolute atomic E-state index is 4.77. The summed E-state index contributed by atoms with van der Waals surface area (Å²) in [6.45, 7) is 4.85. The second-order valence-electron chi connectivity index (χ2n) is 5.18. The van der Waals surface area contributed by atoms with Crippen molar-refractivity contribution in [2.45, 2.75) is 26.8 Å². The minimum Gasteiger partial charge on any atom is -0.253 e. The van der Waals surface area contributed by atoms with Crippen molar-refractivity contribution in [1.29, 1.82) is 0 Å². The molecule has 0 saturated heterocycles. The summed E-state index contributed by atoms with van der Waals surface area (Å²) in [7, 11) is 0. The van der Waals surface area contributed by atoms with Gasteiger partial charge >= 0.3 is 0 Å². The van der Waals surface area contributed by atoms with Gasteiger partial charge in [-0.05, 0) is 30.4 Å². The second-order valence-corrected chi connectivity index (χ2v) is 6.97. The summed E-state index contributed by atoms with van der Waals surface area (Å²) in [6, 6.07) is 14.5. The van der Waals surface area contributed by atoms with E-state index in [1.54, 1.807) is 22.7 Å². The Bertz CT molecular complexity index is 840. The summed E-state index contributed by atoms with van der Waals surface area (Å²) in [5.41, 5.74) is 3.42. The Morgan fingerprint density at radius 1 is 1.09 bits per heavy atom. The van der Waals surface area contributed by atoms with Crippen LogP contribution in [0, 0.1) is 0 Å². The Hall–Kier alpha value is -1.98. The molecule has 2 aromatic heterocycles. The van der Waals surface area contributed by atoms with Gasteiger partial charge in [0.1, 0.15) is 0 Å². The fraction of sp³-hybridized carbons (Fsp3) is 0.222. The van der Waals surface area contributed by atoms with Crippen molar-refractivity contribution in [2.24, 2.45) is 10.1 Å². The van der Waals surface area contributed by atoms with Gasteiger partial charge in [0.05, 0.1) is 17.1 Å². The molecular weight excluding hydrogens is 322 g/mol. The molecule has 3 aromatic rings. The molecule has 0 bridgehead atoms. The minimum absolute atomic E-state index is 0.673. The fourth-order valence-corrected chi connectivity index (χ4v) is 3.71. The standard InChI is InChI=1S/C18H19N3S2/c1-3-14(2)20-21-16(17-10-7-11-22-17)13-23-18(21)19-12-15-8-5-4-6-9-15/h4-11,13H,3,12H2,1-2H3. The van der Waals surface area contributed by atoms with Crippen LogP contribution in [0.2, 0.25) is 0 Å². The normalized spacial score (nSPS) is 12.8. The van der Waals surface area contributed by atoms with Gasteiger partial charge in [-0.25, -0.2) is 4.68 Å². The summed E-state index contributed by atoms with van der Waals surface area (Å²) in [6.07, 6.45) is 0.935. The van der Waals surface area contributed by atoms with E-state index in [4.69, 9.17) is 10.1 Å². The Morgan fingerprint density at radius 3 is 2.61 bits per heavy atom. The van der Waals surface area contributed by atoms with E-state index in [9.17, 15) is 0 Å². The highest BCUT2D eigenvalue weighted by Gasteiger charge is 2.08. The lowest BCUT2D eigenvalue weighted by atomic mass is 10.2. The van der Waals surface area contributed by atoms with Crippen molar-refractivity contribution in [2.75, 3.05) is 0 Å². The van der Waals surface area contributed by atoms with E-state index in [-0.39, 0.29) is 0 Å². The fourth-order valence-electron chi connectivity index (χ4n) is 2.08. The van der Waals surface area contributed by atoms with E-state index in [1.165, 1.54) is 10.4 Å². The van der Waals surface area contributed by atoms with Gasteiger partial charge in [-0.1, -0.05) is 43.3 Å². The topological polar surface area (TPSA) is 29.6 Å². The summed E-state index contributed by atoms with van der Waals surface area (Å²) < 4.78 is 1.98. The van der Waals surface area contributed by atoms with Crippen molar-refractivity contribution in [3.63, 3.8) is 0 Å². The average molecular weight is 342 g/mol. The van der Waals surface area contributed by atoms with E-state index < -0.39 is 0 Å². The molecule has 5 heteroatoms. The summed E-state index contributed by atoms with van der Waals surface area (Å²) in [5.74, 6) is 0. The lowest BCUT2D eigenvalue weighted by Crippen LogP contribution is -2.13. The van der Waals surface area contributed by atoms with E-state index in [1.807, 2.05) is 22.9 Å². The van der Waals surface area contributed by atoms with E-state index in [2.05, 4.69) is 48.9 Å². The minimum atomic E-state index is 0.673. The zero-order chi connectivity index (χ0) is 16.1. The second kappa shape index (κ2) is 7.53. The van der Waals surface area contributed by atoms with Crippen LogP contribution in [0.3, 0.4) is 0 Å². The van der Waals surface area contributed by atoms with Crippen molar-refractivity contribution in [3.8, 4) is 10.6 Å². The van der Waals surface area contributed by atoms with Crippen molar-refractivity contribution in [3.05, 3.63) is 63.6 Å². The first-order valence-electron chi connectivity index (χ1n) is 7.61. The molecule has 0 unspecified atom stereocenters. The molecule has 1 aromatic carbocycles. The van der Waals surface area contributed by atoms with Crippen LogP contribution in [0.4, 0.5) is 0 Å². The maximum atomic E-state index is 4.77. The number of hydrogen-bond acceptors (Lipinski definition) is 4. The molecule has 3 nitrogen and oxygen atoms in total. The van der Waals surface area contributed by atoms with Crippen molar-refractivity contribution in [1.82, 2.24) is 4.68 Å². The van der Waals surface area contributed by atoms with Crippen LogP contribution >= 0.6 is 22.7 Å². The summed E-state index contributed by atoms with van der Waals surface area (Å²) in [5, 5.41) is 9.00. The third-order valence-electron chi connectivity index (χ3n) is 3.48. The van der Waals surface area contributed by atoms with Gasteiger partial charge in [0.2, 0.25) is 4.80 Å². The Morgan fingerprint density at radius 2 is 1.91 bits per heavy atom. The predicted molar refractivity (Wildman–Crippen MR) is 100 cm³/mol. The highest BCUT2D eigenvalue weighted by molar-refractivity contribution is 7.14. The van der Waals surface area contributed by atoms with Gasteiger partial charge in [-0.15, -0.1) is 22.7 Å². The third-order valence-corrected chi connectivity index (χ3v) is 5.23. The van der Waals surface area contributed by atoms with Crippen LogP contribution in [-0.4, -0.2) is 10.4 Å². The first-order chi connectivity index (χ1) is 11.3. The van der Waals surface area contributed by atoms with Crippen LogP contribution in [0.1, 0.15) is 25.8 Å². The number of benzene rings is 1. The Balaban J connectivity index is 2.03. The largest absolute Gasteiger partial charge is 0.253 e. The van der Waals surface area contributed by atoms with Crippen LogP contribution in [0.15, 0.2) is 63.3 Å². The Labute approximate surface area is 144 Å². The molecular formula is C18H19N3S2. The van der Waals surface area contributed by atoms with Gasteiger partial charge in [0.15, 0.2) is 0 Å². The van der Waals surface area contributed by atoms with E-state index in [0.717, 1.165) is 22.6 Å². The smallest absolute Gasteiger partial charge is 0.206 e. The van der Waals surface area contributed by atoms with Crippen LogP contribution in [0.5, 0.6) is 0 Å². The molecule has 0 N–H and O–H groups in total. The molecule has 0 aliphatic carbocycles. The molecule has 0 radical (unpaired) electrons. The van der Waals surface area contributed by atoms with Crippen LogP contribution in [0.25, 0.3) is 10.6 Å². The number of thiophene rings is 1. The van der Waals surface area contributed by atoms with Crippen LogP contribution < -0.4 is 4.80 Å². The molecule has 0 fully saturated rings. The van der Waals surface area contributed by atoms with E-state index in [0.29, 0.717) is 6.54 Å². The van der Waals surface area contributed by atoms with Gasteiger partial charge in [-0.2, -0.15) is 5.10 Å². The third kappa shape index (κ3) is 3.86. The summed E-state index contributed by atoms with van der Waals surface area (Å²) in [4.78, 5) is 6.93. The highest BCUT2D eigenvalue weighted by atomic mass is 32.1. The zero-order valence-corrected chi connectivity index (χ0v) is 14.9. The van der Waals surface area contributed by atoms with Gasteiger partial charge < -0.3 is 0 Å². The molecule has 0 amide bonds. The van der Waals surface area contributed by atoms with Gasteiger partial charge in [0, 0.05) is 11.1 Å². The highest BCUT2D eigenvalue weighted by Crippen LogP contribution is 2.25. The van der Waals surface area contributed by atoms with Gasteiger partial charge in [0.25, 0.3) is 0 Å². The lowest BCUT2D eigenvalue weighted by molar-refractivity contribution is 0.815. The number of thiazole rings is 1. The molecule has 2 heterocycles. The molecule has 0 atom stereocenters. The van der Waals surface area contributed by atoms with E-state index >= 15 is 0 Å².